The summed E-state index contributed by atoms with van der Waals surface area (Å²) in [4.78, 5) is 16.5. The number of aliphatic carboxylic acids is 1. The second-order valence-corrected chi connectivity index (χ2v) is 7.07. The van der Waals surface area contributed by atoms with Gasteiger partial charge in [-0.1, -0.05) is 19.3 Å². The molecule has 0 bridgehead atoms. The highest BCUT2D eigenvalue weighted by Crippen LogP contribution is 2.41. The quantitative estimate of drug-likeness (QED) is 0.858. The molecule has 4 nitrogen and oxygen atoms in total. The van der Waals surface area contributed by atoms with Gasteiger partial charge >= 0.3 is 5.97 Å². The van der Waals surface area contributed by atoms with E-state index in [2.05, 4.69) is 16.8 Å². The molecule has 2 heterocycles. The third-order valence-corrected chi connectivity index (χ3v) is 6.08. The zero-order valence-electron chi connectivity index (χ0n) is 12.7. The number of carboxylic acids is 1. The van der Waals surface area contributed by atoms with Crippen LogP contribution in [-0.2, 0) is 4.79 Å². The molecule has 2 atom stereocenters. The molecule has 3 aliphatic rings. The smallest absolute Gasteiger partial charge is 0.305 e. The fourth-order valence-corrected chi connectivity index (χ4v) is 5.00. The summed E-state index contributed by atoms with van der Waals surface area (Å²) in [7, 11) is 2.21. The first kappa shape index (κ1) is 14.3. The van der Waals surface area contributed by atoms with Crippen LogP contribution in [-0.4, -0.2) is 58.6 Å². The van der Waals surface area contributed by atoms with Gasteiger partial charge in [0.15, 0.2) is 0 Å². The standard InChI is InChI=1S/C16H28N2O2/c1-17(13-7-11-18-10-5-6-14(13)18)16(12-15(19)20)8-3-2-4-9-16/h13-14H,2-12H2,1H3,(H,19,20). The lowest BCUT2D eigenvalue weighted by molar-refractivity contribution is -0.141. The van der Waals surface area contributed by atoms with E-state index >= 15 is 0 Å². The van der Waals surface area contributed by atoms with Crippen LogP contribution in [0.2, 0.25) is 0 Å². The topological polar surface area (TPSA) is 43.8 Å². The van der Waals surface area contributed by atoms with Crippen molar-refractivity contribution in [1.29, 1.82) is 0 Å². The molecule has 0 spiro atoms. The summed E-state index contributed by atoms with van der Waals surface area (Å²) >= 11 is 0. The van der Waals surface area contributed by atoms with Gasteiger partial charge in [0.2, 0.25) is 0 Å². The third-order valence-electron chi connectivity index (χ3n) is 6.08. The number of nitrogens with zero attached hydrogens (tertiary/aromatic N) is 2. The van der Waals surface area contributed by atoms with Crippen LogP contribution in [0.4, 0.5) is 0 Å². The van der Waals surface area contributed by atoms with Gasteiger partial charge in [0.25, 0.3) is 0 Å². The maximum atomic E-state index is 11.4. The van der Waals surface area contributed by atoms with E-state index in [1.807, 2.05) is 0 Å². The van der Waals surface area contributed by atoms with Crippen LogP contribution in [0.15, 0.2) is 0 Å². The fourth-order valence-electron chi connectivity index (χ4n) is 5.00. The van der Waals surface area contributed by atoms with Crippen molar-refractivity contribution in [3.05, 3.63) is 0 Å². The van der Waals surface area contributed by atoms with Crippen molar-refractivity contribution in [3.8, 4) is 0 Å². The summed E-state index contributed by atoms with van der Waals surface area (Å²) in [5.41, 5.74) is -0.0760. The second kappa shape index (κ2) is 5.64. The largest absolute Gasteiger partial charge is 0.481 e. The van der Waals surface area contributed by atoms with Crippen LogP contribution in [0.1, 0.15) is 57.8 Å². The molecule has 20 heavy (non-hydrogen) atoms. The number of likely N-dealkylation sites (N-methyl/N-ethyl adjacent to an activating group) is 1. The SMILES string of the molecule is CN(C1CCN2CCCC12)C1(CC(=O)O)CCCCC1. The highest BCUT2D eigenvalue weighted by atomic mass is 16.4. The molecule has 0 aromatic carbocycles. The van der Waals surface area contributed by atoms with E-state index in [9.17, 15) is 9.90 Å². The zero-order valence-corrected chi connectivity index (χ0v) is 12.7. The number of carbonyl (C=O) groups is 1. The minimum atomic E-state index is -0.625. The van der Waals surface area contributed by atoms with Gasteiger partial charge in [0, 0.05) is 24.2 Å². The highest BCUT2D eigenvalue weighted by Gasteiger charge is 2.47. The van der Waals surface area contributed by atoms with Crippen molar-refractivity contribution in [3.63, 3.8) is 0 Å². The Hall–Kier alpha value is -0.610. The van der Waals surface area contributed by atoms with Gasteiger partial charge in [-0.25, -0.2) is 0 Å². The molecular formula is C16H28N2O2. The van der Waals surface area contributed by atoms with Crippen LogP contribution in [0.5, 0.6) is 0 Å². The van der Waals surface area contributed by atoms with Crippen LogP contribution in [0.25, 0.3) is 0 Å². The van der Waals surface area contributed by atoms with E-state index in [1.54, 1.807) is 0 Å². The predicted molar refractivity (Wildman–Crippen MR) is 78.8 cm³/mol. The Balaban J connectivity index is 1.77. The van der Waals surface area contributed by atoms with Gasteiger partial charge in [-0.15, -0.1) is 0 Å². The zero-order chi connectivity index (χ0) is 14.2. The van der Waals surface area contributed by atoms with Crippen molar-refractivity contribution in [2.24, 2.45) is 0 Å². The summed E-state index contributed by atoms with van der Waals surface area (Å²) in [5, 5.41) is 9.37. The highest BCUT2D eigenvalue weighted by molar-refractivity contribution is 5.68. The van der Waals surface area contributed by atoms with Crippen molar-refractivity contribution in [2.75, 3.05) is 20.1 Å². The minimum absolute atomic E-state index is 0.0760. The molecule has 1 aliphatic carbocycles. The lowest BCUT2D eigenvalue weighted by Crippen LogP contribution is -2.56. The van der Waals surface area contributed by atoms with Gasteiger partial charge in [-0.3, -0.25) is 14.6 Å². The van der Waals surface area contributed by atoms with Crippen molar-refractivity contribution in [1.82, 2.24) is 9.80 Å². The first-order valence-electron chi connectivity index (χ1n) is 8.31. The van der Waals surface area contributed by atoms with Crippen molar-refractivity contribution < 1.29 is 9.90 Å². The molecule has 3 fully saturated rings. The molecule has 2 aliphatic heterocycles. The Morgan fingerprint density at radius 1 is 1.20 bits per heavy atom. The maximum Gasteiger partial charge on any atom is 0.305 e. The molecule has 0 amide bonds. The van der Waals surface area contributed by atoms with E-state index in [0.29, 0.717) is 18.5 Å². The molecule has 2 saturated heterocycles. The molecule has 0 aromatic heterocycles. The van der Waals surface area contributed by atoms with Gasteiger partial charge in [0.1, 0.15) is 0 Å². The number of hydrogen-bond acceptors (Lipinski definition) is 3. The molecule has 1 saturated carbocycles. The third kappa shape index (κ3) is 2.48. The molecule has 4 heteroatoms. The molecule has 114 valence electrons. The Kier molecular flexibility index (Phi) is 4.04. The minimum Gasteiger partial charge on any atom is -0.481 e. The lowest BCUT2D eigenvalue weighted by Gasteiger charge is -2.48. The average Bonchev–Trinajstić information content (AvgIpc) is 3.00. The average molecular weight is 280 g/mol. The number of carboxylic acid groups (broad SMARTS) is 1. The predicted octanol–water partition coefficient (Wildman–Crippen LogP) is 2.33. The Labute approximate surface area is 122 Å². The fraction of sp³-hybridized carbons (Fsp3) is 0.938. The van der Waals surface area contributed by atoms with Gasteiger partial charge < -0.3 is 5.11 Å². The molecule has 3 rings (SSSR count). The van der Waals surface area contributed by atoms with Crippen LogP contribution >= 0.6 is 0 Å². The Bertz CT molecular complexity index is 365. The molecule has 0 radical (unpaired) electrons. The van der Waals surface area contributed by atoms with Gasteiger partial charge in [-0.05, 0) is 45.7 Å². The van der Waals surface area contributed by atoms with E-state index < -0.39 is 5.97 Å². The molecular weight excluding hydrogens is 252 g/mol. The summed E-state index contributed by atoms with van der Waals surface area (Å²) in [6.07, 6.45) is 9.97. The number of fused-ring (bicyclic) bond motifs is 1. The van der Waals surface area contributed by atoms with Gasteiger partial charge in [0.05, 0.1) is 6.42 Å². The Morgan fingerprint density at radius 2 is 1.95 bits per heavy atom. The number of rotatable bonds is 4. The van der Waals surface area contributed by atoms with Gasteiger partial charge in [-0.2, -0.15) is 0 Å². The monoisotopic (exact) mass is 280 g/mol. The summed E-state index contributed by atoms with van der Waals surface area (Å²) < 4.78 is 0. The number of hydrogen-bond donors (Lipinski definition) is 1. The summed E-state index contributed by atoms with van der Waals surface area (Å²) in [5.74, 6) is -0.625. The van der Waals surface area contributed by atoms with E-state index in [4.69, 9.17) is 0 Å². The second-order valence-electron chi connectivity index (χ2n) is 7.07. The molecule has 1 N–H and O–H groups in total. The van der Waals surface area contributed by atoms with E-state index in [-0.39, 0.29) is 5.54 Å². The van der Waals surface area contributed by atoms with Crippen LogP contribution in [0, 0.1) is 0 Å². The molecule has 0 aromatic rings. The van der Waals surface area contributed by atoms with E-state index in [0.717, 1.165) is 12.8 Å². The van der Waals surface area contributed by atoms with E-state index in [1.165, 1.54) is 51.6 Å². The maximum absolute atomic E-state index is 11.4. The normalized spacial score (nSPS) is 33.5. The summed E-state index contributed by atoms with van der Waals surface area (Å²) in [6, 6.07) is 1.27. The van der Waals surface area contributed by atoms with Crippen LogP contribution < -0.4 is 0 Å². The summed E-state index contributed by atoms with van der Waals surface area (Å²) in [6.45, 7) is 2.46. The first-order valence-corrected chi connectivity index (χ1v) is 8.31. The van der Waals surface area contributed by atoms with Crippen molar-refractivity contribution in [2.45, 2.75) is 75.4 Å². The Morgan fingerprint density at radius 3 is 2.65 bits per heavy atom. The lowest BCUT2D eigenvalue weighted by atomic mass is 9.77. The molecule has 2 unspecified atom stereocenters. The van der Waals surface area contributed by atoms with Crippen LogP contribution in [0.3, 0.4) is 0 Å². The first-order chi connectivity index (χ1) is 9.62. The van der Waals surface area contributed by atoms with Crippen molar-refractivity contribution >= 4 is 5.97 Å².